The molecule has 2 heterocycles. The Bertz CT molecular complexity index is 986. The Morgan fingerprint density at radius 3 is 2.56 bits per heavy atom. The van der Waals surface area contributed by atoms with Crippen molar-refractivity contribution in [1.82, 2.24) is 24.8 Å². The van der Waals surface area contributed by atoms with Gasteiger partial charge in [-0.15, -0.1) is 5.10 Å². The maximum Gasteiger partial charge on any atom is 0.214 e. The van der Waals surface area contributed by atoms with E-state index in [9.17, 15) is 4.79 Å². The number of hydrogen-bond donors (Lipinski definition) is 0. The molecule has 0 N–H and O–H groups in total. The first-order chi connectivity index (χ1) is 12.8. The van der Waals surface area contributed by atoms with Crippen LogP contribution in [0.2, 0.25) is 0 Å². The molecule has 0 spiro atoms. The van der Waals surface area contributed by atoms with Crippen molar-refractivity contribution in [2.24, 2.45) is 0 Å². The summed E-state index contributed by atoms with van der Waals surface area (Å²) in [6.07, 6.45) is 0. The van der Waals surface area contributed by atoms with Gasteiger partial charge < -0.3 is 4.57 Å². The van der Waals surface area contributed by atoms with Gasteiger partial charge in [-0.3, -0.25) is 4.79 Å². The molecule has 0 radical (unpaired) electrons. The molecule has 0 aliphatic rings. The number of carbonyl (C=O) groups excluding carboxylic acids is 1. The van der Waals surface area contributed by atoms with E-state index < -0.39 is 0 Å². The third-order valence-corrected chi connectivity index (χ3v) is 5.59. The van der Waals surface area contributed by atoms with E-state index in [0.717, 1.165) is 33.8 Å². The molecule has 0 saturated heterocycles. The fourth-order valence-corrected chi connectivity index (χ4v) is 4.20. The smallest absolute Gasteiger partial charge is 0.214 e. The van der Waals surface area contributed by atoms with Crippen LogP contribution in [0.4, 0.5) is 0 Å². The molecular weight excluding hydrogens is 358 g/mol. The Morgan fingerprint density at radius 1 is 1.15 bits per heavy atom. The predicted octanol–water partition coefficient (Wildman–Crippen LogP) is 4.25. The average Bonchev–Trinajstić information content (AvgIpc) is 3.18. The van der Waals surface area contributed by atoms with Crippen LogP contribution in [0, 0.1) is 27.7 Å². The molecule has 2 aromatic heterocycles. The number of hydrogen-bond acceptors (Lipinski definition) is 5. The summed E-state index contributed by atoms with van der Waals surface area (Å²) in [7, 11) is 0. The van der Waals surface area contributed by atoms with Gasteiger partial charge in [0.05, 0.1) is 11.4 Å². The Hall–Kier alpha value is -2.41. The summed E-state index contributed by atoms with van der Waals surface area (Å²) in [4.78, 5) is 12.8. The Kier molecular flexibility index (Phi) is 5.51. The fraction of sp³-hybridized carbons (Fsp3) is 0.400. The van der Waals surface area contributed by atoms with Crippen molar-refractivity contribution in [2.75, 3.05) is 5.75 Å². The number of ketones is 1. The fourth-order valence-electron chi connectivity index (χ4n) is 3.43. The van der Waals surface area contributed by atoms with E-state index in [4.69, 9.17) is 0 Å². The molecule has 3 aromatic rings. The molecule has 7 heteroatoms. The zero-order chi connectivity index (χ0) is 19.7. The molecule has 27 heavy (non-hydrogen) atoms. The summed E-state index contributed by atoms with van der Waals surface area (Å²) in [5.74, 6) is 0.392. The molecule has 0 aliphatic carbocycles. The van der Waals surface area contributed by atoms with Crippen molar-refractivity contribution in [3.63, 3.8) is 0 Å². The summed E-state index contributed by atoms with van der Waals surface area (Å²) in [5.41, 5.74) is 6.06. The van der Waals surface area contributed by atoms with E-state index in [1.165, 1.54) is 11.8 Å². The second kappa shape index (κ2) is 7.68. The van der Waals surface area contributed by atoms with E-state index in [1.807, 2.05) is 45.9 Å². The van der Waals surface area contributed by atoms with Gasteiger partial charge in [0.25, 0.3) is 0 Å². The highest BCUT2D eigenvalue weighted by atomic mass is 32.2. The van der Waals surface area contributed by atoms with Gasteiger partial charge in [-0.25, -0.2) is 0 Å². The summed E-state index contributed by atoms with van der Waals surface area (Å²) < 4.78 is 3.90. The number of Topliss-reactive ketones (excluding diaryl/α,β-unsaturated/α-hetero) is 1. The Labute approximate surface area is 164 Å². The normalized spacial score (nSPS) is 11.4. The molecule has 3 rings (SSSR count). The standard InChI is InChI=1S/C20H25N5OS/c1-12(2)24-15(5)10-17(16(24)6)19(26)11-27-20-21-22-23-25(20)18-9-13(3)7-8-14(18)4/h7-10,12H,11H2,1-6H3. The maximum absolute atomic E-state index is 12.8. The number of nitrogens with zero attached hydrogens (tertiary/aromatic N) is 5. The van der Waals surface area contributed by atoms with Gasteiger partial charge in [0.15, 0.2) is 5.78 Å². The van der Waals surface area contributed by atoms with Crippen LogP contribution >= 0.6 is 11.8 Å². The molecule has 142 valence electrons. The zero-order valence-corrected chi connectivity index (χ0v) is 17.5. The predicted molar refractivity (Wildman–Crippen MR) is 108 cm³/mol. The van der Waals surface area contributed by atoms with E-state index in [-0.39, 0.29) is 5.78 Å². The Balaban J connectivity index is 1.81. The van der Waals surface area contributed by atoms with Crippen LogP contribution in [0.25, 0.3) is 5.69 Å². The van der Waals surface area contributed by atoms with Crippen LogP contribution in [-0.4, -0.2) is 36.3 Å². The number of thioether (sulfide) groups is 1. The van der Waals surface area contributed by atoms with Gasteiger partial charge in [0, 0.05) is 23.0 Å². The first kappa shape index (κ1) is 19.4. The lowest BCUT2D eigenvalue weighted by Gasteiger charge is -2.13. The molecule has 0 fully saturated rings. The Morgan fingerprint density at radius 2 is 1.89 bits per heavy atom. The van der Waals surface area contributed by atoms with E-state index in [0.29, 0.717) is 17.0 Å². The summed E-state index contributed by atoms with van der Waals surface area (Å²) in [5, 5.41) is 12.7. The van der Waals surface area contributed by atoms with Crippen molar-refractivity contribution >= 4 is 17.5 Å². The number of carbonyl (C=O) groups is 1. The third kappa shape index (κ3) is 3.83. The minimum atomic E-state index is 0.0931. The molecule has 0 bridgehead atoms. The molecule has 0 aliphatic heterocycles. The molecule has 0 atom stereocenters. The molecule has 1 aromatic carbocycles. The number of rotatable bonds is 6. The van der Waals surface area contributed by atoms with E-state index in [1.54, 1.807) is 4.68 Å². The summed E-state index contributed by atoms with van der Waals surface area (Å²) >= 11 is 1.37. The van der Waals surface area contributed by atoms with Gasteiger partial charge >= 0.3 is 0 Å². The van der Waals surface area contributed by atoms with Gasteiger partial charge in [-0.05, 0) is 75.2 Å². The van der Waals surface area contributed by atoms with E-state index >= 15 is 0 Å². The molecule has 0 saturated carbocycles. The van der Waals surface area contributed by atoms with Crippen molar-refractivity contribution in [3.05, 3.63) is 52.3 Å². The minimum absolute atomic E-state index is 0.0931. The van der Waals surface area contributed by atoms with Crippen molar-refractivity contribution in [2.45, 2.75) is 52.7 Å². The topological polar surface area (TPSA) is 65.6 Å². The largest absolute Gasteiger partial charge is 0.346 e. The van der Waals surface area contributed by atoms with Crippen LogP contribution in [-0.2, 0) is 0 Å². The quantitative estimate of drug-likeness (QED) is 0.470. The number of benzene rings is 1. The minimum Gasteiger partial charge on any atom is -0.346 e. The second-order valence-corrected chi connectivity index (χ2v) is 8.07. The van der Waals surface area contributed by atoms with Gasteiger partial charge in [0.1, 0.15) is 0 Å². The van der Waals surface area contributed by atoms with Gasteiger partial charge in [-0.1, -0.05) is 23.9 Å². The highest BCUT2D eigenvalue weighted by Gasteiger charge is 2.19. The van der Waals surface area contributed by atoms with Crippen LogP contribution in [0.3, 0.4) is 0 Å². The van der Waals surface area contributed by atoms with Crippen molar-refractivity contribution in [1.29, 1.82) is 0 Å². The zero-order valence-electron chi connectivity index (χ0n) is 16.6. The van der Waals surface area contributed by atoms with Crippen molar-refractivity contribution < 1.29 is 4.79 Å². The van der Waals surface area contributed by atoms with Crippen molar-refractivity contribution in [3.8, 4) is 5.69 Å². The molecule has 0 unspecified atom stereocenters. The molecule has 0 amide bonds. The third-order valence-electron chi connectivity index (χ3n) is 4.67. The monoisotopic (exact) mass is 383 g/mol. The summed E-state index contributed by atoms with van der Waals surface area (Å²) in [6, 6.07) is 8.46. The second-order valence-electron chi connectivity index (χ2n) is 7.12. The van der Waals surface area contributed by atoms with Gasteiger partial charge in [-0.2, -0.15) is 4.68 Å². The number of tetrazole rings is 1. The number of aromatic nitrogens is 5. The highest BCUT2D eigenvalue weighted by Crippen LogP contribution is 2.25. The van der Waals surface area contributed by atoms with Crippen LogP contribution in [0.1, 0.15) is 52.8 Å². The highest BCUT2D eigenvalue weighted by molar-refractivity contribution is 7.99. The van der Waals surface area contributed by atoms with Crippen LogP contribution in [0.15, 0.2) is 29.4 Å². The molecule has 6 nitrogen and oxygen atoms in total. The van der Waals surface area contributed by atoms with Gasteiger partial charge in [0.2, 0.25) is 5.16 Å². The lowest BCUT2D eigenvalue weighted by Crippen LogP contribution is -2.09. The lowest BCUT2D eigenvalue weighted by molar-refractivity contribution is 0.102. The first-order valence-corrected chi connectivity index (χ1v) is 9.98. The number of aryl methyl sites for hydroxylation is 3. The SMILES string of the molecule is Cc1ccc(C)c(-n2nnnc2SCC(=O)c2cc(C)n(C(C)C)c2C)c1. The van der Waals surface area contributed by atoms with Crippen LogP contribution < -0.4 is 0 Å². The molecular formula is C20H25N5OS. The van der Waals surface area contributed by atoms with E-state index in [2.05, 4.69) is 40.0 Å². The summed E-state index contributed by atoms with van der Waals surface area (Å²) in [6.45, 7) is 12.4. The lowest BCUT2D eigenvalue weighted by atomic mass is 10.1. The maximum atomic E-state index is 12.8. The first-order valence-electron chi connectivity index (χ1n) is 9.00. The average molecular weight is 384 g/mol. The van der Waals surface area contributed by atoms with Crippen LogP contribution in [0.5, 0.6) is 0 Å².